The third-order valence-corrected chi connectivity index (χ3v) is 16.0. The molecule has 8 aliphatic rings. The molecule has 0 spiro atoms. The highest BCUT2D eigenvalue weighted by molar-refractivity contribution is 5.78. The lowest BCUT2D eigenvalue weighted by Crippen LogP contribution is -2.47. The predicted octanol–water partition coefficient (Wildman–Crippen LogP) is 10.4. The van der Waals surface area contributed by atoms with Crippen molar-refractivity contribution < 1.29 is 77.9 Å². The van der Waals surface area contributed by atoms with E-state index in [0.29, 0.717) is 37.5 Å². The Morgan fingerprint density at radius 2 is 1.17 bits per heavy atom. The summed E-state index contributed by atoms with van der Waals surface area (Å²) in [7, 11) is 0. The molecule has 360 valence electrons. The molecule has 0 N–H and O–H groups in total. The summed E-state index contributed by atoms with van der Waals surface area (Å²) in [6.07, 6.45) is 11.5. The van der Waals surface area contributed by atoms with Gasteiger partial charge in [-0.15, -0.1) is 0 Å². The van der Waals surface area contributed by atoms with Gasteiger partial charge in [0.25, 0.3) is 0 Å². The van der Waals surface area contributed by atoms with Crippen LogP contribution in [0.25, 0.3) is 0 Å². The highest BCUT2D eigenvalue weighted by Crippen LogP contribution is 2.54. The van der Waals surface area contributed by atoms with Crippen LogP contribution in [0.3, 0.4) is 0 Å². The van der Waals surface area contributed by atoms with E-state index in [1.165, 1.54) is 12.8 Å². The van der Waals surface area contributed by atoms with E-state index in [1.54, 1.807) is 0 Å². The number of rotatable bonds is 14. The standard InChI is InChI=1S/C46H66F8O9/c47-43(48)24-58-38(59-25-44(43,49)50)32(17-28-6-2-1-3-7-28)11-12-35(55)13-14-36-37(63-40(62-36)33-18-29-8-4-9-30(16-29)19-33)23-57-41(56)42-15-5-10-31(21-42)20-34(22-42)39-60-26-45(51,52)46(53,54)27-61-39/h28-34,36-40H,1-27H2. The molecule has 0 amide bonds. The number of Topliss-reactive ketones (excluding diaryl/α,β-unsaturated/α-hetero) is 1. The van der Waals surface area contributed by atoms with Crippen LogP contribution in [0.5, 0.6) is 0 Å². The fourth-order valence-electron chi connectivity index (χ4n) is 12.7. The monoisotopic (exact) mass is 914 g/mol. The zero-order valence-corrected chi connectivity index (χ0v) is 36.2. The number of ketones is 1. The highest BCUT2D eigenvalue weighted by Gasteiger charge is 2.61. The number of fused-ring (bicyclic) bond motifs is 4. The van der Waals surface area contributed by atoms with Crippen molar-refractivity contribution >= 4 is 11.8 Å². The van der Waals surface area contributed by atoms with Crippen molar-refractivity contribution in [3.63, 3.8) is 0 Å². The molecule has 9 nitrogen and oxygen atoms in total. The number of carbonyl (C=O) groups excluding carboxylic acids is 2. The number of esters is 1. The summed E-state index contributed by atoms with van der Waals surface area (Å²) in [5.41, 5.74) is -0.980. The quantitative estimate of drug-likeness (QED) is 0.125. The molecule has 8 fully saturated rings. The molecule has 63 heavy (non-hydrogen) atoms. The van der Waals surface area contributed by atoms with Gasteiger partial charge in [0.1, 0.15) is 44.9 Å². The summed E-state index contributed by atoms with van der Waals surface area (Å²) >= 11 is 0. The smallest absolute Gasteiger partial charge is 0.335 e. The number of ether oxygens (including phenoxy) is 7. The lowest BCUT2D eigenvalue weighted by Gasteiger charge is -2.47. The lowest BCUT2D eigenvalue weighted by atomic mass is 9.58. The topological polar surface area (TPSA) is 98.8 Å². The molecule has 9 unspecified atom stereocenters. The first-order valence-corrected chi connectivity index (χ1v) is 23.9. The largest absolute Gasteiger partial charge is 0.462 e. The Morgan fingerprint density at radius 3 is 1.83 bits per heavy atom. The number of carbonyl (C=O) groups is 2. The van der Waals surface area contributed by atoms with Crippen LogP contribution in [0.15, 0.2) is 0 Å². The fraction of sp³-hybridized carbons (Fsp3) is 0.957. The zero-order valence-electron chi connectivity index (χ0n) is 36.2. The van der Waals surface area contributed by atoms with Crippen molar-refractivity contribution in [2.24, 2.45) is 46.8 Å². The van der Waals surface area contributed by atoms with Crippen LogP contribution >= 0.6 is 0 Å². The van der Waals surface area contributed by atoms with Gasteiger partial charge < -0.3 is 33.2 Å². The molecule has 3 heterocycles. The zero-order chi connectivity index (χ0) is 44.6. The maximum Gasteiger partial charge on any atom is 0.335 e. The Labute approximate surface area is 365 Å². The van der Waals surface area contributed by atoms with Crippen LogP contribution in [0.1, 0.15) is 141 Å². The van der Waals surface area contributed by atoms with Crippen LogP contribution in [-0.4, -0.2) is 99.6 Å². The van der Waals surface area contributed by atoms with Gasteiger partial charge in [-0.2, -0.15) is 35.1 Å². The maximum atomic E-state index is 14.2. The summed E-state index contributed by atoms with van der Waals surface area (Å²) in [6.45, 7) is -6.05. The first kappa shape index (κ1) is 47.8. The van der Waals surface area contributed by atoms with E-state index in [1.807, 2.05) is 0 Å². The third kappa shape index (κ3) is 11.0. The first-order chi connectivity index (χ1) is 29.9. The Kier molecular flexibility index (Phi) is 14.8. The average molecular weight is 915 g/mol. The normalized spacial score (nSPS) is 38.9. The highest BCUT2D eigenvalue weighted by atomic mass is 19.3. The van der Waals surface area contributed by atoms with E-state index in [9.17, 15) is 44.7 Å². The first-order valence-electron chi connectivity index (χ1n) is 23.9. The number of halogens is 8. The molecule has 4 bridgehead atoms. The Bertz CT molecular complexity index is 1520. The van der Waals surface area contributed by atoms with Gasteiger partial charge in [0.05, 0.1) is 11.5 Å². The van der Waals surface area contributed by atoms with Crippen molar-refractivity contribution in [1.82, 2.24) is 0 Å². The van der Waals surface area contributed by atoms with Gasteiger partial charge in [0, 0.05) is 30.6 Å². The SMILES string of the molecule is O=C(CCC(CC1CCCCC1)C1OCC(F)(F)C(F)(F)CO1)CCC1OC(C2CC3CCCC(C3)C2)OC1COC(=O)C12CCCC(CC(C3OCC(F)(F)C(F)(F)CO3)C1)C2. The molecule has 0 aromatic carbocycles. The molecule has 17 heteroatoms. The number of alkyl halides is 8. The van der Waals surface area contributed by atoms with E-state index in [4.69, 9.17) is 33.2 Å². The molecular weight excluding hydrogens is 848 g/mol. The second-order valence-corrected chi connectivity index (χ2v) is 20.8. The molecule has 5 saturated carbocycles. The van der Waals surface area contributed by atoms with Gasteiger partial charge >= 0.3 is 29.7 Å². The van der Waals surface area contributed by atoms with Crippen LogP contribution in [-0.2, 0) is 42.7 Å². The van der Waals surface area contributed by atoms with E-state index >= 15 is 0 Å². The Morgan fingerprint density at radius 1 is 0.587 bits per heavy atom. The van der Waals surface area contributed by atoms with E-state index in [2.05, 4.69) is 0 Å². The second-order valence-electron chi connectivity index (χ2n) is 20.8. The van der Waals surface area contributed by atoms with Gasteiger partial charge in [-0.25, -0.2) is 0 Å². The van der Waals surface area contributed by atoms with Crippen LogP contribution < -0.4 is 0 Å². The van der Waals surface area contributed by atoms with E-state index in [-0.39, 0.29) is 62.2 Å². The summed E-state index contributed by atoms with van der Waals surface area (Å²) in [4.78, 5) is 27.8. The number of hydrogen-bond donors (Lipinski definition) is 0. The van der Waals surface area contributed by atoms with Crippen molar-refractivity contribution in [3.8, 4) is 0 Å². The molecule has 0 aromatic heterocycles. The van der Waals surface area contributed by atoms with Crippen molar-refractivity contribution in [3.05, 3.63) is 0 Å². The molecule has 8 rings (SSSR count). The molecule has 0 aromatic rings. The summed E-state index contributed by atoms with van der Waals surface area (Å²) in [6, 6.07) is 0. The van der Waals surface area contributed by atoms with Crippen molar-refractivity contribution in [1.29, 1.82) is 0 Å². The Hall–Kier alpha value is -1.66. The van der Waals surface area contributed by atoms with Crippen molar-refractivity contribution in [2.75, 3.05) is 33.0 Å². The molecular formula is C46H66F8O9. The molecule has 9 atom stereocenters. The minimum absolute atomic E-state index is 0.0336. The van der Waals surface area contributed by atoms with E-state index in [0.717, 1.165) is 70.6 Å². The van der Waals surface area contributed by atoms with Crippen LogP contribution in [0.4, 0.5) is 35.1 Å². The average Bonchev–Trinajstić information content (AvgIpc) is 3.57. The Balaban J connectivity index is 0.904. The summed E-state index contributed by atoms with van der Waals surface area (Å²) < 4.78 is 154. The fourth-order valence-corrected chi connectivity index (χ4v) is 12.7. The molecule has 3 aliphatic heterocycles. The van der Waals surface area contributed by atoms with Crippen LogP contribution in [0.2, 0.25) is 0 Å². The van der Waals surface area contributed by atoms with Gasteiger partial charge in [-0.05, 0) is 87.9 Å². The summed E-state index contributed by atoms with van der Waals surface area (Å²) in [5.74, 6) is -17.6. The lowest BCUT2D eigenvalue weighted by molar-refractivity contribution is -0.222. The van der Waals surface area contributed by atoms with Crippen LogP contribution in [0, 0.1) is 46.8 Å². The predicted molar refractivity (Wildman–Crippen MR) is 209 cm³/mol. The summed E-state index contributed by atoms with van der Waals surface area (Å²) in [5, 5.41) is 0. The van der Waals surface area contributed by atoms with Gasteiger partial charge in [0.2, 0.25) is 0 Å². The van der Waals surface area contributed by atoms with Crippen molar-refractivity contribution in [2.45, 2.75) is 196 Å². The molecule has 5 aliphatic carbocycles. The van der Waals surface area contributed by atoms with E-state index < -0.39 is 104 Å². The minimum atomic E-state index is -4.39. The van der Waals surface area contributed by atoms with Gasteiger partial charge in [-0.1, -0.05) is 64.2 Å². The number of hydrogen-bond acceptors (Lipinski definition) is 9. The maximum absolute atomic E-state index is 14.2. The van der Waals surface area contributed by atoms with Gasteiger partial charge in [-0.3, -0.25) is 9.59 Å². The van der Waals surface area contributed by atoms with Gasteiger partial charge in [0.15, 0.2) is 18.9 Å². The second kappa shape index (κ2) is 19.5. The third-order valence-electron chi connectivity index (χ3n) is 16.0. The molecule has 0 radical (unpaired) electrons. The minimum Gasteiger partial charge on any atom is -0.462 e. The molecule has 3 saturated heterocycles.